The molecule has 0 spiro atoms. The van der Waals surface area contributed by atoms with E-state index >= 15 is 0 Å². The summed E-state index contributed by atoms with van der Waals surface area (Å²) in [7, 11) is 0. The van der Waals surface area contributed by atoms with E-state index in [1.54, 1.807) is 0 Å². The molecule has 0 unspecified atom stereocenters. The second kappa shape index (κ2) is 4.83. The van der Waals surface area contributed by atoms with Crippen LogP contribution in [0, 0.1) is 0 Å². The molecule has 1 aliphatic carbocycles. The van der Waals surface area contributed by atoms with Gasteiger partial charge in [0.2, 0.25) is 0 Å². The fraction of sp³-hybridized carbons (Fsp3) is 0.625. The Kier molecular flexibility index (Phi) is 3.56. The summed E-state index contributed by atoms with van der Waals surface area (Å²) in [4.78, 5) is 0. The Balaban J connectivity index is 2.25. The molecule has 2 rings (SSSR count). The number of hydrogen-bond donors (Lipinski definition) is 0. The third-order valence-electron chi connectivity index (χ3n) is 2.87. The SMILES string of the molecule is CC(C)c1ccc(OC(C)(C)C)c(OC2CC2)c1. The summed E-state index contributed by atoms with van der Waals surface area (Å²) in [6.45, 7) is 10.6. The van der Waals surface area contributed by atoms with E-state index in [1.807, 2.05) is 6.07 Å². The van der Waals surface area contributed by atoms with Gasteiger partial charge in [0.1, 0.15) is 5.60 Å². The summed E-state index contributed by atoms with van der Waals surface area (Å²) in [6, 6.07) is 6.30. The zero-order valence-corrected chi connectivity index (χ0v) is 12.1. The summed E-state index contributed by atoms with van der Waals surface area (Å²) >= 11 is 0. The molecule has 0 aliphatic heterocycles. The third-order valence-corrected chi connectivity index (χ3v) is 2.87. The average Bonchev–Trinajstić information content (AvgIpc) is 3.02. The minimum atomic E-state index is -0.193. The maximum atomic E-state index is 5.97. The normalized spacial score (nSPS) is 15.9. The first-order chi connectivity index (χ1) is 8.35. The molecule has 0 aromatic heterocycles. The zero-order chi connectivity index (χ0) is 13.3. The Morgan fingerprint density at radius 1 is 1.11 bits per heavy atom. The van der Waals surface area contributed by atoms with Crippen LogP contribution in [-0.4, -0.2) is 11.7 Å². The Morgan fingerprint density at radius 2 is 1.78 bits per heavy atom. The summed E-state index contributed by atoms with van der Waals surface area (Å²) < 4.78 is 11.9. The van der Waals surface area contributed by atoms with Crippen LogP contribution in [0.4, 0.5) is 0 Å². The molecule has 100 valence electrons. The van der Waals surface area contributed by atoms with E-state index in [-0.39, 0.29) is 5.60 Å². The molecule has 2 heteroatoms. The molecule has 1 saturated carbocycles. The monoisotopic (exact) mass is 248 g/mol. The summed E-state index contributed by atoms with van der Waals surface area (Å²) in [5.41, 5.74) is 1.10. The minimum absolute atomic E-state index is 0.193. The Morgan fingerprint density at radius 3 is 2.28 bits per heavy atom. The van der Waals surface area contributed by atoms with Crippen LogP contribution >= 0.6 is 0 Å². The third kappa shape index (κ3) is 3.66. The topological polar surface area (TPSA) is 18.5 Å². The van der Waals surface area contributed by atoms with Crippen molar-refractivity contribution in [2.45, 2.75) is 65.1 Å². The fourth-order valence-corrected chi connectivity index (χ4v) is 1.76. The largest absolute Gasteiger partial charge is 0.487 e. The van der Waals surface area contributed by atoms with Crippen molar-refractivity contribution in [1.29, 1.82) is 0 Å². The molecule has 0 heterocycles. The Hall–Kier alpha value is -1.18. The lowest BCUT2D eigenvalue weighted by Gasteiger charge is -2.24. The van der Waals surface area contributed by atoms with Crippen LogP contribution < -0.4 is 9.47 Å². The molecular formula is C16H24O2. The van der Waals surface area contributed by atoms with Crippen LogP contribution in [0.25, 0.3) is 0 Å². The highest BCUT2D eigenvalue weighted by Crippen LogP contribution is 2.37. The maximum Gasteiger partial charge on any atom is 0.162 e. The highest BCUT2D eigenvalue weighted by molar-refractivity contribution is 5.44. The first kappa shape index (κ1) is 13.3. The van der Waals surface area contributed by atoms with Gasteiger partial charge in [-0.2, -0.15) is 0 Å². The highest BCUT2D eigenvalue weighted by Gasteiger charge is 2.26. The zero-order valence-electron chi connectivity index (χ0n) is 12.1. The molecular weight excluding hydrogens is 224 g/mol. The van der Waals surface area contributed by atoms with Crippen LogP contribution in [0.5, 0.6) is 11.5 Å². The van der Waals surface area contributed by atoms with E-state index in [0.29, 0.717) is 12.0 Å². The van der Waals surface area contributed by atoms with E-state index in [1.165, 1.54) is 18.4 Å². The van der Waals surface area contributed by atoms with Crippen LogP contribution in [0.3, 0.4) is 0 Å². The van der Waals surface area contributed by atoms with Crippen molar-refractivity contribution in [3.8, 4) is 11.5 Å². The molecule has 0 saturated heterocycles. The van der Waals surface area contributed by atoms with Crippen molar-refractivity contribution in [2.75, 3.05) is 0 Å². The molecule has 2 nitrogen and oxygen atoms in total. The van der Waals surface area contributed by atoms with E-state index in [4.69, 9.17) is 9.47 Å². The summed E-state index contributed by atoms with van der Waals surface area (Å²) in [6.07, 6.45) is 2.73. The van der Waals surface area contributed by atoms with Gasteiger partial charge in [0.05, 0.1) is 6.10 Å². The quantitative estimate of drug-likeness (QED) is 0.779. The van der Waals surface area contributed by atoms with E-state index in [9.17, 15) is 0 Å². The summed E-state index contributed by atoms with van der Waals surface area (Å²) in [5, 5.41) is 0. The molecule has 18 heavy (non-hydrogen) atoms. The first-order valence-electron chi connectivity index (χ1n) is 6.85. The molecule has 0 bridgehead atoms. The van der Waals surface area contributed by atoms with Gasteiger partial charge in [-0.15, -0.1) is 0 Å². The van der Waals surface area contributed by atoms with Crippen molar-refractivity contribution in [2.24, 2.45) is 0 Å². The van der Waals surface area contributed by atoms with Gasteiger partial charge in [0.15, 0.2) is 11.5 Å². The molecule has 1 aromatic rings. The predicted octanol–water partition coefficient (Wildman–Crippen LogP) is 4.53. The Labute approximate surface area is 110 Å². The average molecular weight is 248 g/mol. The van der Waals surface area contributed by atoms with Crippen molar-refractivity contribution >= 4 is 0 Å². The van der Waals surface area contributed by atoms with Crippen LogP contribution in [0.1, 0.15) is 58.9 Å². The molecule has 0 N–H and O–H groups in total. The smallest absolute Gasteiger partial charge is 0.162 e. The van der Waals surface area contributed by atoms with Gasteiger partial charge in [-0.1, -0.05) is 19.9 Å². The van der Waals surface area contributed by atoms with Gasteiger partial charge < -0.3 is 9.47 Å². The van der Waals surface area contributed by atoms with Gasteiger partial charge in [-0.05, 0) is 57.2 Å². The van der Waals surface area contributed by atoms with E-state index in [0.717, 1.165) is 11.5 Å². The van der Waals surface area contributed by atoms with Crippen molar-refractivity contribution in [3.05, 3.63) is 23.8 Å². The predicted molar refractivity (Wildman–Crippen MR) is 74.6 cm³/mol. The second-order valence-electron chi connectivity index (χ2n) is 6.39. The molecule has 1 aromatic carbocycles. The number of ether oxygens (including phenoxy) is 2. The summed E-state index contributed by atoms with van der Waals surface area (Å²) in [5.74, 6) is 2.27. The number of rotatable bonds is 4. The minimum Gasteiger partial charge on any atom is -0.487 e. The Bertz CT molecular complexity index is 412. The van der Waals surface area contributed by atoms with Gasteiger partial charge in [-0.3, -0.25) is 0 Å². The van der Waals surface area contributed by atoms with Crippen LogP contribution in [0.15, 0.2) is 18.2 Å². The molecule has 1 fully saturated rings. The number of hydrogen-bond acceptors (Lipinski definition) is 2. The lowest BCUT2D eigenvalue weighted by Crippen LogP contribution is -2.23. The molecule has 0 amide bonds. The van der Waals surface area contributed by atoms with E-state index < -0.39 is 0 Å². The van der Waals surface area contributed by atoms with Gasteiger partial charge in [0.25, 0.3) is 0 Å². The van der Waals surface area contributed by atoms with Gasteiger partial charge in [-0.25, -0.2) is 0 Å². The second-order valence-corrected chi connectivity index (χ2v) is 6.39. The van der Waals surface area contributed by atoms with Crippen LogP contribution in [-0.2, 0) is 0 Å². The lowest BCUT2D eigenvalue weighted by atomic mass is 10.0. The van der Waals surface area contributed by atoms with Crippen LogP contribution in [0.2, 0.25) is 0 Å². The van der Waals surface area contributed by atoms with Gasteiger partial charge >= 0.3 is 0 Å². The standard InChI is InChI=1S/C16H24O2/c1-11(2)12-6-9-14(18-16(3,4)5)15(10-12)17-13-7-8-13/h6,9-11,13H,7-8H2,1-5H3. The number of benzene rings is 1. The molecule has 0 atom stereocenters. The van der Waals surface area contributed by atoms with Gasteiger partial charge in [0, 0.05) is 0 Å². The lowest BCUT2D eigenvalue weighted by molar-refractivity contribution is 0.122. The highest BCUT2D eigenvalue weighted by atomic mass is 16.5. The van der Waals surface area contributed by atoms with Crippen molar-refractivity contribution in [3.63, 3.8) is 0 Å². The van der Waals surface area contributed by atoms with Crippen molar-refractivity contribution < 1.29 is 9.47 Å². The maximum absolute atomic E-state index is 5.97. The van der Waals surface area contributed by atoms with Crippen molar-refractivity contribution in [1.82, 2.24) is 0 Å². The molecule has 1 aliphatic rings. The first-order valence-corrected chi connectivity index (χ1v) is 6.85. The fourth-order valence-electron chi connectivity index (χ4n) is 1.76. The van der Waals surface area contributed by atoms with E-state index in [2.05, 4.69) is 46.8 Å². The molecule has 0 radical (unpaired) electrons.